The molecule has 0 spiro atoms. The maximum Gasteiger partial charge on any atom is 0.328 e. The molecule has 0 bridgehead atoms. The summed E-state index contributed by atoms with van der Waals surface area (Å²) >= 11 is 0. The van der Waals surface area contributed by atoms with Gasteiger partial charge < -0.3 is 65.3 Å². The molecule has 0 radical (unpaired) electrons. The van der Waals surface area contributed by atoms with Crippen molar-refractivity contribution in [3.05, 3.63) is 53.6 Å². The molecule has 10 N–H and O–H groups in total. The van der Waals surface area contributed by atoms with Crippen LogP contribution in [0.15, 0.2) is 42.5 Å². The van der Waals surface area contributed by atoms with E-state index in [0.717, 1.165) is 6.08 Å². The van der Waals surface area contributed by atoms with E-state index in [0.29, 0.717) is 24.0 Å². The highest BCUT2D eigenvalue weighted by Crippen LogP contribution is 2.32. The summed E-state index contributed by atoms with van der Waals surface area (Å²) in [4.78, 5) is 10.1. The van der Waals surface area contributed by atoms with E-state index in [-0.39, 0.29) is 48.6 Å². The molecule has 2 aromatic rings. The molecule has 0 aromatic heterocycles. The number of carbonyl (C=O) groups is 1. The number of carboxylic acid groups (broad SMARTS) is 1. The van der Waals surface area contributed by atoms with Crippen LogP contribution in [0, 0.1) is 5.92 Å². The number of phenolic OH excluding ortho intramolecular Hbond substituents is 4. The molecule has 9 atom stereocenters. The zero-order valence-corrected chi connectivity index (χ0v) is 24.0. The van der Waals surface area contributed by atoms with Crippen LogP contribution in [0.4, 0.5) is 0 Å². The quantitative estimate of drug-likeness (QED) is 0.132. The van der Waals surface area contributed by atoms with Crippen LogP contribution in [0.25, 0.3) is 6.08 Å². The number of hydrogen-bond donors (Lipinski definition) is 10. The molecule has 14 heteroatoms. The summed E-state index contributed by atoms with van der Waals surface area (Å²) in [5, 5.41) is 95.7. The van der Waals surface area contributed by atoms with Gasteiger partial charge in [0, 0.05) is 12.5 Å². The van der Waals surface area contributed by atoms with E-state index in [1.165, 1.54) is 36.4 Å². The van der Waals surface area contributed by atoms with Gasteiger partial charge in [-0.25, -0.2) is 4.79 Å². The van der Waals surface area contributed by atoms with Crippen molar-refractivity contribution in [2.75, 3.05) is 13.2 Å². The Labute approximate surface area is 253 Å². The molecule has 1 aliphatic heterocycles. The van der Waals surface area contributed by atoms with Gasteiger partial charge in [-0.2, -0.15) is 0 Å². The fourth-order valence-corrected chi connectivity index (χ4v) is 4.88. The first-order valence-electron chi connectivity index (χ1n) is 14.0. The summed E-state index contributed by atoms with van der Waals surface area (Å²) in [5.74, 6) is -2.33. The van der Waals surface area contributed by atoms with Crippen molar-refractivity contribution >= 4 is 12.0 Å². The van der Waals surface area contributed by atoms with Crippen molar-refractivity contribution in [1.29, 1.82) is 0 Å². The van der Waals surface area contributed by atoms with E-state index in [1.807, 2.05) is 0 Å². The number of aliphatic carboxylic acids is 1. The third-order valence-electron chi connectivity index (χ3n) is 7.43. The van der Waals surface area contributed by atoms with E-state index in [2.05, 4.69) is 0 Å². The standard InChI is InChI=1S/C21H32O10.C9H8O4/c1-10-6-15(18(26)20(28)17(10)25)31-16-8-12(9-22)30-21(19(16)27)29-5-4-11-2-3-13(23)14(24)7-11;10-7-3-1-6(5-8(7)11)2-4-9(12)13/h2-3,7,10,12,15-28H,4-6,8-9H2,1H3;1-5,10-11H,(H,12,13). The second kappa shape index (κ2) is 16.0. The molecule has 244 valence electrons. The number of aliphatic hydroxyl groups excluding tert-OH is 5. The van der Waals surface area contributed by atoms with Crippen LogP contribution in [0.1, 0.15) is 30.9 Å². The van der Waals surface area contributed by atoms with E-state index in [1.54, 1.807) is 13.0 Å². The molecular formula is C30H40O14. The van der Waals surface area contributed by atoms with Crippen LogP contribution in [-0.4, -0.2) is 119 Å². The molecule has 1 heterocycles. The summed E-state index contributed by atoms with van der Waals surface area (Å²) in [7, 11) is 0. The molecule has 9 unspecified atom stereocenters. The van der Waals surface area contributed by atoms with Gasteiger partial charge in [0.05, 0.1) is 37.6 Å². The van der Waals surface area contributed by atoms with Gasteiger partial charge in [0.25, 0.3) is 0 Å². The minimum atomic E-state index is -1.35. The first kappa shape index (κ1) is 35.0. The molecule has 0 amide bonds. The largest absolute Gasteiger partial charge is 0.504 e. The maximum absolute atomic E-state index is 10.7. The monoisotopic (exact) mass is 624 g/mol. The number of phenols is 4. The molecule has 44 heavy (non-hydrogen) atoms. The Morgan fingerprint density at radius 2 is 1.50 bits per heavy atom. The van der Waals surface area contributed by atoms with Crippen molar-refractivity contribution in [3.8, 4) is 23.0 Å². The normalized spacial score (nSPS) is 30.5. The number of carboxylic acids is 1. The van der Waals surface area contributed by atoms with Gasteiger partial charge in [0.2, 0.25) is 0 Å². The van der Waals surface area contributed by atoms with Gasteiger partial charge in [-0.3, -0.25) is 0 Å². The molecule has 2 fully saturated rings. The third kappa shape index (κ3) is 9.51. The van der Waals surface area contributed by atoms with Crippen LogP contribution in [0.2, 0.25) is 0 Å². The Hall–Kier alpha value is -3.47. The number of aromatic hydroxyl groups is 4. The van der Waals surface area contributed by atoms with Crippen LogP contribution < -0.4 is 0 Å². The summed E-state index contributed by atoms with van der Waals surface area (Å²) in [5.41, 5.74) is 1.22. The highest BCUT2D eigenvalue weighted by atomic mass is 16.7. The Morgan fingerprint density at radius 3 is 2.11 bits per heavy atom. The summed E-state index contributed by atoms with van der Waals surface area (Å²) in [6.45, 7) is 1.55. The number of ether oxygens (including phenoxy) is 3. The van der Waals surface area contributed by atoms with Gasteiger partial charge in [-0.1, -0.05) is 19.1 Å². The van der Waals surface area contributed by atoms with E-state index < -0.39 is 55.0 Å². The fraction of sp³-hybridized carbons (Fsp3) is 0.500. The molecule has 2 aromatic carbocycles. The Morgan fingerprint density at radius 1 is 0.864 bits per heavy atom. The fourth-order valence-electron chi connectivity index (χ4n) is 4.88. The Balaban J connectivity index is 0.000000340. The van der Waals surface area contributed by atoms with Crippen LogP contribution in [0.5, 0.6) is 23.0 Å². The van der Waals surface area contributed by atoms with Gasteiger partial charge in [0.15, 0.2) is 29.3 Å². The summed E-state index contributed by atoms with van der Waals surface area (Å²) in [6, 6.07) is 8.46. The minimum Gasteiger partial charge on any atom is -0.504 e. The number of rotatable bonds is 9. The molecule has 2 aliphatic rings. The van der Waals surface area contributed by atoms with E-state index >= 15 is 0 Å². The summed E-state index contributed by atoms with van der Waals surface area (Å²) < 4.78 is 17.1. The topological polar surface area (TPSA) is 247 Å². The number of hydrogen-bond acceptors (Lipinski definition) is 13. The van der Waals surface area contributed by atoms with E-state index in [4.69, 9.17) is 29.5 Å². The second-order valence-corrected chi connectivity index (χ2v) is 10.8. The zero-order valence-electron chi connectivity index (χ0n) is 24.0. The lowest BCUT2D eigenvalue weighted by molar-refractivity contribution is -0.291. The lowest BCUT2D eigenvalue weighted by Crippen LogP contribution is -2.58. The molecule has 1 saturated carbocycles. The van der Waals surface area contributed by atoms with Gasteiger partial charge >= 0.3 is 5.97 Å². The van der Waals surface area contributed by atoms with Crippen molar-refractivity contribution < 1.29 is 70.1 Å². The predicted molar refractivity (Wildman–Crippen MR) is 153 cm³/mol. The van der Waals surface area contributed by atoms with Crippen LogP contribution >= 0.6 is 0 Å². The van der Waals surface area contributed by atoms with Crippen molar-refractivity contribution in [3.63, 3.8) is 0 Å². The lowest BCUT2D eigenvalue weighted by Gasteiger charge is -2.44. The average molecular weight is 625 g/mol. The molecule has 14 nitrogen and oxygen atoms in total. The van der Waals surface area contributed by atoms with Crippen molar-refractivity contribution in [2.45, 2.75) is 75.2 Å². The van der Waals surface area contributed by atoms with E-state index in [9.17, 15) is 40.5 Å². The van der Waals surface area contributed by atoms with Crippen LogP contribution in [0.3, 0.4) is 0 Å². The molecule has 1 saturated heterocycles. The number of benzene rings is 2. The molecular weight excluding hydrogens is 584 g/mol. The van der Waals surface area contributed by atoms with Gasteiger partial charge in [0.1, 0.15) is 18.3 Å². The SMILES string of the molecule is CC1CC(OC2CC(CO)OC(OCCc3ccc(O)c(O)c3)C2O)C(O)C(O)C1O.O=C(O)C=Cc1ccc(O)c(O)c1. The lowest BCUT2D eigenvalue weighted by atomic mass is 9.81. The minimum absolute atomic E-state index is 0.130. The first-order valence-corrected chi connectivity index (χ1v) is 14.0. The van der Waals surface area contributed by atoms with Crippen molar-refractivity contribution in [2.24, 2.45) is 5.92 Å². The smallest absolute Gasteiger partial charge is 0.328 e. The number of aliphatic hydroxyl groups is 5. The first-order chi connectivity index (χ1) is 20.8. The Bertz CT molecular complexity index is 1250. The van der Waals surface area contributed by atoms with Gasteiger partial charge in [-0.15, -0.1) is 0 Å². The molecule has 4 rings (SSSR count). The third-order valence-corrected chi connectivity index (χ3v) is 7.43. The molecule has 1 aliphatic carbocycles. The Kier molecular flexibility index (Phi) is 12.7. The summed E-state index contributed by atoms with van der Waals surface area (Å²) in [6.07, 6.45) is -5.18. The van der Waals surface area contributed by atoms with Gasteiger partial charge in [-0.05, 0) is 60.2 Å². The predicted octanol–water partition coefficient (Wildman–Crippen LogP) is 0.197. The highest BCUT2D eigenvalue weighted by molar-refractivity contribution is 5.85. The van der Waals surface area contributed by atoms with Crippen molar-refractivity contribution in [1.82, 2.24) is 0 Å². The zero-order chi connectivity index (χ0) is 32.6. The van der Waals surface area contributed by atoms with Crippen LogP contribution in [-0.2, 0) is 25.4 Å². The highest BCUT2D eigenvalue weighted by Gasteiger charge is 2.45. The maximum atomic E-state index is 10.7. The second-order valence-electron chi connectivity index (χ2n) is 10.8. The average Bonchev–Trinajstić information content (AvgIpc) is 2.99.